The summed E-state index contributed by atoms with van der Waals surface area (Å²) >= 11 is 1.40. The molecule has 1 saturated heterocycles. The van der Waals surface area contributed by atoms with Gasteiger partial charge in [-0.15, -0.1) is 11.3 Å². The molecular weight excluding hydrogens is 839 g/mol. The highest BCUT2D eigenvalue weighted by Gasteiger charge is 2.26. The molecule has 0 atom stereocenters. The molecule has 8 rings (SSSR count). The summed E-state index contributed by atoms with van der Waals surface area (Å²) in [7, 11) is -4.34. The lowest BCUT2D eigenvalue weighted by Crippen LogP contribution is -2.35. The van der Waals surface area contributed by atoms with E-state index in [9.17, 15) is 26.4 Å². The molecular formula is C43H43N7O8S3. The normalized spacial score (nSPS) is 13.2. The number of nitrogens with zero attached hydrogens (tertiary/aromatic N) is 3. The van der Waals surface area contributed by atoms with Crippen LogP contribution >= 0.6 is 11.3 Å². The molecule has 7 aromatic rings. The molecule has 1 aliphatic rings. The number of fused-ring (bicyclic) bond motifs is 2. The predicted molar refractivity (Wildman–Crippen MR) is 234 cm³/mol. The number of hydrogen-bond acceptors (Lipinski definition) is 11. The van der Waals surface area contributed by atoms with E-state index in [1.807, 2.05) is 12.1 Å². The van der Waals surface area contributed by atoms with E-state index >= 15 is 0 Å². The third kappa shape index (κ3) is 10.3. The van der Waals surface area contributed by atoms with Crippen molar-refractivity contribution in [1.29, 1.82) is 0 Å². The SMILES string of the molecule is COc1ccc(OC)c(NS(=O)(=O)c2ccc(CNC(=O)c3cc4cnccc4[nH]3)cc2)c1.O=C(NCc1ccc(S(=O)(=O)N2CCCCC2)cc1)c1cc2ccncc2s1. The van der Waals surface area contributed by atoms with Gasteiger partial charge in [-0.25, -0.2) is 16.8 Å². The van der Waals surface area contributed by atoms with Crippen LogP contribution in [0.5, 0.6) is 11.5 Å². The monoisotopic (exact) mass is 881 g/mol. The number of hydrogen-bond donors (Lipinski definition) is 4. The van der Waals surface area contributed by atoms with E-state index in [1.165, 1.54) is 37.7 Å². The molecule has 0 saturated carbocycles. The van der Waals surface area contributed by atoms with Crippen molar-refractivity contribution in [2.45, 2.75) is 42.1 Å². The molecule has 3 aromatic carbocycles. The van der Waals surface area contributed by atoms with Gasteiger partial charge in [0.15, 0.2) is 0 Å². The molecule has 5 heterocycles. The van der Waals surface area contributed by atoms with Gasteiger partial charge in [-0.3, -0.25) is 24.3 Å². The quantitative estimate of drug-likeness (QED) is 0.0965. The van der Waals surface area contributed by atoms with Gasteiger partial charge in [0.25, 0.3) is 21.8 Å². The number of ether oxygens (including phenoxy) is 2. The summed E-state index contributed by atoms with van der Waals surface area (Å²) in [4.78, 5) is 37.0. The van der Waals surface area contributed by atoms with Crippen LogP contribution in [0.1, 0.15) is 50.5 Å². The predicted octanol–water partition coefficient (Wildman–Crippen LogP) is 6.71. The second kappa shape index (κ2) is 18.9. The van der Waals surface area contributed by atoms with Crippen molar-refractivity contribution in [1.82, 2.24) is 29.9 Å². The van der Waals surface area contributed by atoms with E-state index in [-0.39, 0.29) is 28.9 Å². The van der Waals surface area contributed by atoms with Crippen LogP contribution in [0.15, 0.2) is 126 Å². The van der Waals surface area contributed by atoms with Crippen LogP contribution in [0.2, 0.25) is 0 Å². The minimum absolute atomic E-state index is 0.0746. The number of piperidine rings is 1. The van der Waals surface area contributed by atoms with E-state index in [1.54, 1.807) is 95.8 Å². The van der Waals surface area contributed by atoms with E-state index in [0.717, 1.165) is 51.4 Å². The zero-order chi connectivity index (χ0) is 43.0. The van der Waals surface area contributed by atoms with Crippen molar-refractivity contribution in [3.8, 4) is 11.5 Å². The molecule has 316 valence electrons. The maximum atomic E-state index is 12.8. The van der Waals surface area contributed by atoms with Crippen LogP contribution in [0, 0.1) is 0 Å². The number of methoxy groups -OCH3 is 2. The standard InChI is InChI=1S/C23H22N4O5S.C20H21N3O3S2/c1-31-17-5-8-22(32-2)20(12-17)27-33(29,30)18-6-3-15(4-7-18)13-25-23(28)21-11-16-14-24-10-9-19(16)26-21;24-20(18-12-16-8-9-21-14-19(16)27-18)22-13-15-4-6-17(7-5-15)28(25,26)23-10-2-1-3-11-23/h3-12,14,26-27H,13H2,1-2H3,(H,25,28);4-9,12,14H,1-3,10-11,13H2,(H,22,24). The Bertz CT molecular complexity index is 2810. The molecule has 0 radical (unpaired) electrons. The number of aromatic nitrogens is 3. The summed E-state index contributed by atoms with van der Waals surface area (Å²) in [6, 6.07) is 25.1. The van der Waals surface area contributed by atoms with Gasteiger partial charge in [0, 0.05) is 67.9 Å². The second-order valence-corrected chi connectivity index (χ2v) is 18.7. The smallest absolute Gasteiger partial charge is 0.267 e. The number of thiophene rings is 1. The molecule has 4 aromatic heterocycles. The van der Waals surface area contributed by atoms with Gasteiger partial charge >= 0.3 is 0 Å². The Labute approximate surface area is 357 Å². The summed E-state index contributed by atoms with van der Waals surface area (Å²) in [5.74, 6) is 0.443. The highest BCUT2D eigenvalue weighted by atomic mass is 32.2. The van der Waals surface area contributed by atoms with Crippen LogP contribution in [0.4, 0.5) is 5.69 Å². The molecule has 61 heavy (non-hydrogen) atoms. The Morgan fingerprint density at radius 3 is 2.03 bits per heavy atom. The Kier molecular flexibility index (Phi) is 13.3. The molecule has 18 heteroatoms. The fraction of sp³-hybridized carbons (Fsp3) is 0.209. The van der Waals surface area contributed by atoms with Crippen molar-refractivity contribution in [3.05, 3.63) is 137 Å². The zero-order valence-corrected chi connectivity index (χ0v) is 35.7. The summed E-state index contributed by atoms with van der Waals surface area (Å²) in [5.41, 5.74) is 3.12. The highest BCUT2D eigenvalue weighted by molar-refractivity contribution is 7.92. The van der Waals surface area contributed by atoms with Crippen molar-refractivity contribution < 1.29 is 35.9 Å². The van der Waals surface area contributed by atoms with Crippen molar-refractivity contribution in [3.63, 3.8) is 0 Å². The molecule has 1 fully saturated rings. The van der Waals surface area contributed by atoms with Crippen molar-refractivity contribution in [2.24, 2.45) is 0 Å². The fourth-order valence-electron chi connectivity index (χ4n) is 6.56. The van der Waals surface area contributed by atoms with Crippen LogP contribution in [0.3, 0.4) is 0 Å². The third-order valence-electron chi connectivity index (χ3n) is 9.88. The Hall–Kier alpha value is -6.34. The average molecular weight is 882 g/mol. The largest absolute Gasteiger partial charge is 0.497 e. The topological polar surface area (TPSA) is 202 Å². The number of pyridine rings is 2. The average Bonchev–Trinajstić information content (AvgIpc) is 3.94. The van der Waals surface area contributed by atoms with Gasteiger partial charge in [-0.05, 0) is 90.0 Å². The molecule has 2 amide bonds. The summed E-state index contributed by atoms with van der Waals surface area (Å²) in [5, 5.41) is 7.55. The van der Waals surface area contributed by atoms with Gasteiger partial charge in [0.2, 0.25) is 10.0 Å². The first-order valence-corrected chi connectivity index (χ1v) is 22.9. The van der Waals surface area contributed by atoms with E-state index in [4.69, 9.17) is 9.47 Å². The van der Waals surface area contributed by atoms with Gasteiger partial charge in [-0.1, -0.05) is 30.7 Å². The highest BCUT2D eigenvalue weighted by Crippen LogP contribution is 2.31. The van der Waals surface area contributed by atoms with Gasteiger partial charge in [0.1, 0.15) is 17.2 Å². The number of sulfonamides is 2. The van der Waals surface area contributed by atoms with Crippen LogP contribution in [0.25, 0.3) is 21.0 Å². The first-order valence-electron chi connectivity index (χ1n) is 19.2. The number of carbonyl (C=O) groups excluding carboxylic acids is 2. The maximum absolute atomic E-state index is 12.8. The zero-order valence-electron chi connectivity index (χ0n) is 33.3. The number of amides is 2. The summed E-state index contributed by atoms with van der Waals surface area (Å²) < 4.78 is 66.5. The lowest BCUT2D eigenvalue weighted by molar-refractivity contribution is 0.0942. The van der Waals surface area contributed by atoms with Crippen LogP contribution < -0.4 is 24.8 Å². The number of carbonyl (C=O) groups is 2. The number of benzene rings is 3. The Balaban J connectivity index is 0.000000186. The number of rotatable bonds is 13. The third-order valence-corrected chi connectivity index (χ3v) is 14.3. The van der Waals surface area contributed by atoms with E-state index in [0.29, 0.717) is 46.6 Å². The molecule has 0 bridgehead atoms. The second-order valence-electron chi connectivity index (χ2n) is 14.0. The maximum Gasteiger partial charge on any atom is 0.267 e. The van der Waals surface area contributed by atoms with E-state index in [2.05, 4.69) is 30.3 Å². The number of nitrogens with one attached hydrogen (secondary N) is 4. The molecule has 4 N–H and O–H groups in total. The molecule has 1 aliphatic heterocycles. The first kappa shape index (κ1) is 42.8. The van der Waals surface area contributed by atoms with Gasteiger partial charge in [0.05, 0.1) is 39.3 Å². The molecule has 15 nitrogen and oxygen atoms in total. The van der Waals surface area contributed by atoms with Crippen LogP contribution in [-0.2, 0) is 33.1 Å². The van der Waals surface area contributed by atoms with Gasteiger partial charge < -0.3 is 25.1 Å². The summed E-state index contributed by atoms with van der Waals surface area (Å²) in [6.45, 7) is 1.76. The number of aromatic amines is 1. The Morgan fingerprint density at radius 2 is 1.38 bits per heavy atom. The molecule has 0 unspecified atom stereocenters. The molecule has 0 aliphatic carbocycles. The minimum Gasteiger partial charge on any atom is -0.497 e. The fourth-order valence-corrected chi connectivity index (χ4v) is 10.1. The lowest BCUT2D eigenvalue weighted by Gasteiger charge is -2.25. The van der Waals surface area contributed by atoms with Crippen LogP contribution in [-0.4, -0.2) is 75.2 Å². The molecule has 0 spiro atoms. The number of anilines is 1. The van der Waals surface area contributed by atoms with Crippen molar-refractivity contribution >= 4 is 69.9 Å². The van der Waals surface area contributed by atoms with E-state index < -0.39 is 20.0 Å². The number of H-pyrrole nitrogens is 1. The first-order chi connectivity index (χ1) is 29.4. The Morgan fingerprint density at radius 1 is 0.721 bits per heavy atom. The van der Waals surface area contributed by atoms with Gasteiger partial charge in [-0.2, -0.15) is 4.31 Å². The van der Waals surface area contributed by atoms with Crippen molar-refractivity contribution in [2.75, 3.05) is 32.0 Å². The summed E-state index contributed by atoms with van der Waals surface area (Å²) in [6.07, 6.45) is 9.69. The lowest BCUT2D eigenvalue weighted by atomic mass is 10.2. The minimum atomic E-state index is -3.86.